The van der Waals surface area contributed by atoms with Crippen LogP contribution < -0.4 is 10.2 Å². The van der Waals surface area contributed by atoms with Gasteiger partial charge in [0, 0.05) is 68.4 Å². The number of aromatic amines is 1. The molecule has 34 heavy (non-hydrogen) atoms. The molecule has 0 aliphatic carbocycles. The summed E-state index contributed by atoms with van der Waals surface area (Å²) in [6.45, 7) is 5.05. The SMILES string of the molecule is O=C(CN1CCN(S(=O)(=O)c2c[nH]c3ncccc23)CC1)Nc1ccc(N2CCOCC2)cc1. The molecule has 0 unspecified atom stereocenters. The summed E-state index contributed by atoms with van der Waals surface area (Å²) in [5.74, 6) is -0.113. The Balaban J connectivity index is 1.14. The number of nitrogens with zero attached hydrogens (tertiary/aromatic N) is 4. The number of H-pyrrole nitrogens is 1. The molecule has 0 spiro atoms. The second-order valence-electron chi connectivity index (χ2n) is 8.43. The van der Waals surface area contributed by atoms with Crippen molar-refractivity contribution in [2.75, 3.05) is 69.2 Å². The molecule has 2 aromatic heterocycles. The summed E-state index contributed by atoms with van der Waals surface area (Å²) in [4.78, 5) is 24.1. The molecule has 0 bridgehead atoms. The van der Waals surface area contributed by atoms with Gasteiger partial charge < -0.3 is 19.9 Å². The zero-order valence-corrected chi connectivity index (χ0v) is 19.6. The molecule has 2 saturated heterocycles. The molecule has 0 radical (unpaired) electrons. The molecule has 2 aliphatic heterocycles. The van der Waals surface area contributed by atoms with Gasteiger partial charge in [0.25, 0.3) is 0 Å². The Hall–Kier alpha value is -2.99. The van der Waals surface area contributed by atoms with Crippen LogP contribution in [0.1, 0.15) is 0 Å². The predicted molar refractivity (Wildman–Crippen MR) is 129 cm³/mol. The molecule has 10 nitrogen and oxygen atoms in total. The fraction of sp³-hybridized carbons (Fsp3) is 0.391. The number of benzene rings is 1. The van der Waals surface area contributed by atoms with Crippen LogP contribution in [0.2, 0.25) is 0 Å². The van der Waals surface area contributed by atoms with Gasteiger partial charge >= 0.3 is 0 Å². The number of carbonyl (C=O) groups is 1. The van der Waals surface area contributed by atoms with Gasteiger partial charge in [-0.15, -0.1) is 0 Å². The number of hydrogen-bond donors (Lipinski definition) is 2. The Morgan fingerprint density at radius 1 is 1.03 bits per heavy atom. The standard InChI is InChI=1S/C23H28N6O4S/c30-22(26-18-3-5-19(6-4-18)28-12-14-33-15-13-28)17-27-8-10-29(11-9-27)34(31,32)21-16-25-23-20(21)2-1-7-24-23/h1-7,16H,8-15,17H2,(H,24,25)(H,26,30). The van der Waals surface area contributed by atoms with Crippen molar-refractivity contribution >= 4 is 38.3 Å². The van der Waals surface area contributed by atoms with Crippen molar-refractivity contribution in [3.05, 3.63) is 48.8 Å². The van der Waals surface area contributed by atoms with Crippen LogP contribution in [-0.2, 0) is 19.6 Å². The minimum Gasteiger partial charge on any atom is -0.378 e. The molecular formula is C23H28N6O4S. The highest BCUT2D eigenvalue weighted by atomic mass is 32.2. The van der Waals surface area contributed by atoms with E-state index in [1.165, 1.54) is 10.5 Å². The van der Waals surface area contributed by atoms with Crippen LogP contribution in [0.3, 0.4) is 0 Å². The number of amides is 1. The molecule has 1 aromatic carbocycles. The predicted octanol–water partition coefficient (Wildman–Crippen LogP) is 1.34. The number of nitrogens with one attached hydrogen (secondary N) is 2. The Bertz CT molecular complexity index is 1250. The molecule has 0 atom stereocenters. The fourth-order valence-corrected chi connectivity index (χ4v) is 5.96. The average Bonchev–Trinajstić information content (AvgIpc) is 3.30. The first-order chi connectivity index (χ1) is 16.5. The lowest BCUT2D eigenvalue weighted by Gasteiger charge is -2.33. The van der Waals surface area contributed by atoms with Gasteiger partial charge in [0.1, 0.15) is 10.5 Å². The van der Waals surface area contributed by atoms with Gasteiger partial charge in [0.05, 0.1) is 19.8 Å². The van der Waals surface area contributed by atoms with Gasteiger partial charge in [-0.3, -0.25) is 9.69 Å². The van der Waals surface area contributed by atoms with E-state index in [0.717, 1.165) is 37.7 Å². The summed E-state index contributed by atoms with van der Waals surface area (Å²) in [7, 11) is -3.64. The Labute approximate surface area is 198 Å². The van der Waals surface area contributed by atoms with Crippen LogP contribution >= 0.6 is 0 Å². The van der Waals surface area contributed by atoms with Crippen molar-refractivity contribution in [3.63, 3.8) is 0 Å². The van der Waals surface area contributed by atoms with E-state index in [2.05, 4.69) is 20.2 Å². The maximum Gasteiger partial charge on any atom is 0.245 e. The first-order valence-electron chi connectivity index (χ1n) is 11.4. The Morgan fingerprint density at radius 3 is 2.50 bits per heavy atom. The van der Waals surface area contributed by atoms with Crippen molar-refractivity contribution in [1.82, 2.24) is 19.2 Å². The molecule has 1 amide bonds. The number of aromatic nitrogens is 2. The summed E-state index contributed by atoms with van der Waals surface area (Å²) < 4.78 is 33.1. The Morgan fingerprint density at radius 2 is 1.76 bits per heavy atom. The van der Waals surface area contributed by atoms with Crippen molar-refractivity contribution < 1.29 is 17.9 Å². The van der Waals surface area contributed by atoms with Crippen molar-refractivity contribution in [2.45, 2.75) is 4.90 Å². The van der Waals surface area contributed by atoms with Crippen molar-refractivity contribution in [1.29, 1.82) is 0 Å². The highest BCUT2D eigenvalue weighted by Crippen LogP contribution is 2.25. The zero-order chi connectivity index (χ0) is 23.5. The molecule has 11 heteroatoms. The van der Waals surface area contributed by atoms with Gasteiger partial charge in [-0.25, -0.2) is 13.4 Å². The number of anilines is 2. The summed E-state index contributed by atoms with van der Waals surface area (Å²) in [6.07, 6.45) is 3.12. The topological polar surface area (TPSA) is 111 Å². The number of morpholine rings is 1. The number of ether oxygens (including phenoxy) is 1. The second-order valence-corrected chi connectivity index (χ2v) is 10.3. The van der Waals surface area contributed by atoms with Gasteiger partial charge in [-0.2, -0.15) is 4.31 Å². The third-order valence-corrected chi connectivity index (χ3v) is 8.20. The van der Waals surface area contributed by atoms with E-state index in [0.29, 0.717) is 37.2 Å². The lowest BCUT2D eigenvalue weighted by atomic mass is 10.2. The van der Waals surface area contributed by atoms with E-state index in [1.54, 1.807) is 18.3 Å². The molecule has 4 heterocycles. The number of pyridine rings is 1. The van der Waals surface area contributed by atoms with Gasteiger partial charge in [0.2, 0.25) is 15.9 Å². The van der Waals surface area contributed by atoms with Gasteiger partial charge in [-0.1, -0.05) is 0 Å². The van der Waals surface area contributed by atoms with Crippen molar-refractivity contribution in [2.24, 2.45) is 0 Å². The van der Waals surface area contributed by atoms with Gasteiger partial charge in [-0.05, 0) is 36.4 Å². The number of fused-ring (bicyclic) bond motifs is 1. The summed E-state index contributed by atoms with van der Waals surface area (Å²) in [5.41, 5.74) is 2.41. The van der Waals surface area contributed by atoms with E-state index in [9.17, 15) is 13.2 Å². The normalized spacial score (nSPS) is 18.3. The van der Waals surface area contributed by atoms with Crippen molar-refractivity contribution in [3.8, 4) is 0 Å². The number of rotatable bonds is 6. The van der Waals surface area contributed by atoms with E-state index in [4.69, 9.17) is 4.74 Å². The van der Waals surface area contributed by atoms with E-state index in [-0.39, 0.29) is 17.3 Å². The highest BCUT2D eigenvalue weighted by molar-refractivity contribution is 7.89. The van der Waals surface area contributed by atoms with Crippen LogP contribution in [-0.4, -0.2) is 92.5 Å². The molecule has 2 fully saturated rings. The third-order valence-electron chi connectivity index (χ3n) is 6.26. The molecule has 2 aliphatic rings. The van der Waals surface area contributed by atoms with E-state index >= 15 is 0 Å². The number of hydrogen-bond acceptors (Lipinski definition) is 7. The Kier molecular flexibility index (Phi) is 6.50. The molecule has 2 N–H and O–H groups in total. The summed E-state index contributed by atoms with van der Waals surface area (Å²) >= 11 is 0. The van der Waals surface area contributed by atoms with Crippen LogP contribution in [0, 0.1) is 0 Å². The van der Waals surface area contributed by atoms with E-state index < -0.39 is 10.0 Å². The molecule has 180 valence electrons. The molecular weight excluding hydrogens is 456 g/mol. The number of sulfonamides is 1. The molecule has 5 rings (SSSR count). The lowest BCUT2D eigenvalue weighted by molar-refractivity contribution is -0.117. The smallest absolute Gasteiger partial charge is 0.245 e. The van der Waals surface area contributed by atoms with Gasteiger partial charge in [0.15, 0.2) is 0 Å². The maximum atomic E-state index is 13.1. The lowest BCUT2D eigenvalue weighted by Crippen LogP contribution is -2.50. The van der Waals surface area contributed by atoms with E-state index in [1.807, 2.05) is 29.2 Å². The molecule has 3 aromatic rings. The largest absolute Gasteiger partial charge is 0.378 e. The average molecular weight is 485 g/mol. The summed E-state index contributed by atoms with van der Waals surface area (Å²) in [6, 6.07) is 11.3. The first-order valence-corrected chi connectivity index (χ1v) is 12.8. The second kappa shape index (κ2) is 9.71. The van der Waals surface area contributed by atoms with Crippen LogP contribution in [0.5, 0.6) is 0 Å². The monoisotopic (exact) mass is 484 g/mol. The summed E-state index contributed by atoms with van der Waals surface area (Å²) in [5, 5.41) is 3.52. The van der Waals surface area contributed by atoms with Crippen LogP contribution in [0.25, 0.3) is 11.0 Å². The zero-order valence-electron chi connectivity index (χ0n) is 18.8. The maximum absolute atomic E-state index is 13.1. The fourth-order valence-electron chi connectivity index (χ4n) is 4.39. The highest BCUT2D eigenvalue weighted by Gasteiger charge is 2.31. The first kappa shape index (κ1) is 22.8. The molecule has 0 saturated carbocycles. The number of piperazine rings is 1. The minimum absolute atomic E-state index is 0.113. The minimum atomic E-state index is -3.64. The third kappa shape index (κ3) is 4.78. The van der Waals surface area contributed by atoms with Crippen LogP contribution in [0.15, 0.2) is 53.7 Å². The van der Waals surface area contributed by atoms with Crippen LogP contribution in [0.4, 0.5) is 11.4 Å². The number of carbonyl (C=O) groups excluding carboxylic acids is 1. The quantitative estimate of drug-likeness (QED) is 0.543.